The van der Waals surface area contributed by atoms with Crippen molar-refractivity contribution in [2.24, 2.45) is 49.6 Å². The fourth-order valence-electron chi connectivity index (χ4n) is 6.13. The van der Waals surface area contributed by atoms with Crippen LogP contribution in [-0.4, -0.2) is 153 Å². The first-order valence-corrected chi connectivity index (χ1v) is 22.3. The molecule has 0 aromatic carbocycles. The first-order valence-electron chi connectivity index (χ1n) is 22.3. The number of nitrogens with zero attached hydrogens (tertiary/aromatic N) is 7. The first kappa shape index (κ1) is 55.6. The first-order chi connectivity index (χ1) is 28.7. The van der Waals surface area contributed by atoms with Gasteiger partial charge >= 0.3 is 0 Å². The summed E-state index contributed by atoms with van der Waals surface area (Å²) in [7, 11) is 3.65. The number of methoxy groups -OCH3 is 1. The lowest BCUT2D eigenvalue weighted by Crippen LogP contribution is -2.43. The van der Waals surface area contributed by atoms with Crippen molar-refractivity contribution in [2.45, 2.75) is 101 Å². The number of aryl methyl sites for hydroxylation is 1. The molecular weight excluding hydrogens is 771 g/mol. The van der Waals surface area contributed by atoms with Gasteiger partial charge in [-0.05, 0) is 55.3 Å². The van der Waals surface area contributed by atoms with Crippen molar-refractivity contribution >= 4 is 0 Å². The van der Waals surface area contributed by atoms with E-state index in [-0.39, 0.29) is 16.7 Å². The molecule has 1 heterocycles. The third kappa shape index (κ3) is 27.5. The maximum Gasteiger partial charge on any atom is 0.0827 e. The molecule has 1 rings (SSSR count). The van der Waals surface area contributed by atoms with E-state index in [0.717, 1.165) is 44.3 Å². The highest BCUT2D eigenvalue weighted by molar-refractivity contribution is 4.92. The Morgan fingerprint density at radius 3 is 2.12 bits per heavy atom. The van der Waals surface area contributed by atoms with Crippen molar-refractivity contribution < 1.29 is 37.9 Å². The molecule has 0 aliphatic carbocycles. The maximum atomic E-state index is 6.88. The third-order valence-electron chi connectivity index (χ3n) is 10.5. The average Bonchev–Trinajstić information content (AvgIpc) is 3.66. The van der Waals surface area contributed by atoms with Gasteiger partial charge in [-0.2, -0.15) is 10.6 Å². The maximum absolute atomic E-state index is 6.88. The number of ether oxygens (including phenoxy) is 8. The van der Waals surface area contributed by atoms with E-state index in [4.69, 9.17) is 43.4 Å². The SMILES string of the molecule is CCCCc1cn(CCOCC(C)(C)CCOCC(COCCOCCNN=N)(COCCC(C)(C)C(C)COCC(C)CN(C)/N=N\CC)COCC(C)COC)nn1. The van der Waals surface area contributed by atoms with Gasteiger partial charge < -0.3 is 37.9 Å². The van der Waals surface area contributed by atoms with E-state index >= 15 is 0 Å². The van der Waals surface area contributed by atoms with Gasteiger partial charge in [-0.25, -0.2) is 4.68 Å². The Balaban J connectivity index is 2.85. The second kappa shape index (κ2) is 33.2. The minimum absolute atomic E-state index is 0.00292. The van der Waals surface area contributed by atoms with Gasteiger partial charge in [-0.1, -0.05) is 77.5 Å². The molecule has 0 spiro atoms. The van der Waals surface area contributed by atoms with E-state index in [0.29, 0.717) is 131 Å². The van der Waals surface area contributed by atoms with Crippen LogP contribution >= 0.6 is 0 Å². The Kier molecular flexibility index (Phi) is 30.8. The van der Waals surface area contributed by atoms with E-state index in [2.05, 4.69) is 86.7 Å². The molecule has 0 bridgehead atoms. The van der Waals surface area contributed by atoms with Gasteiger partial charge in [-0.15, -0.1) is 5.10 Å². The van der Waals surface area contributed by atoms with Crippen LogP contribution in [-0.2, 0) is 50.9 Å². The zero-order valence-corrected chi connectivity index (χ0v) is 39.7. The molecule has 0 amide bonds. The molecule has 0 radical (unpaired) electrons. The van der Waals surface area contributed by atoms with Crippen molar-refractivity contribution in [3.63, 3.8) is 0 Å². The third-order valence-corrected chi connectivity index (χ3v) is 10.5. The minimum atomic E-state index is -0.550. The summed E-state index contributed by atoms with van der Waals surface area (Å²) in [6.07, 6.45) is 6.93. The number of hydrogen-bond acceptors (Lipinski definition) is 14. The smallest absolute Gasteiger partial charge is 0.0827 e. The molecule has 0 fully saturated rings. The van der Waals surface area contributed by atoms with Crippen molar-refractivity contribution in [3.05, 3.63) is 11.9 Å². The summed E-state index contributed by atoms with van der Waals surface area (Å²) in [5, 5.41) is 21.8. The van der Waals surface area contributed by atoms with Gasteiger partial charge in [-0.3, -0.25) is 10.4 Å². The summed E-state index contributed by atoms with van der Waals surface area (Å²) in [6.45, 7) is 30.0. The second-order valence-corrected chi connectivity index (χ2v) is 18.1. The predicted molar refractivity (Wildman–Crippen MR) is 234 cm³/mol. The van der Waals surface area contributed by atoms with E-state index < -0.39 is 5.41 Å². The van der Waals surface area contributed by atoms with Crippen molar-refractivity contribution in [3.8, 4) is 0 Å². The number of aromatic nitrogens is 3. The topological polar surface area (TPSA) is 181 Å². The number of unbranched alkanes of at least 4 members (excludes halogenated alkanes) is 1. The molecule has 17 nitrogen and oxygen atoms in total. The molecule has 17 heteroatoms. The summed E-state index contributed by atoms with van der Waals surface area (Å²) < 4.78 is 50.8. The molecule has 0 saturated heterocycles. The Morgan fingerprint density at radius 2 is 1.43 bits per heavy atom. The fraction of sp³-hybridized carbons (Fsp3) is 0.953. The highest BCUT2D eigenvalue weighted by atomic mass is 16.5. The summed E-state index contributed by atoms with van der Waals surface area (Å²) in [6, 6.07) is 0. The van der Waals surface area contributed by atoms with Crippen LogP contribution in [0, 0.1) is 39.5 Å². The quantitative estimate of drug-likeness (QED) is 0.0393. The van der Waals surface area contributed by atoms with Gasteiger partial charge in [0.05, 0.1) is 110 Å². The average molecular weight is 858 g/mol. The Labute approximate surface area is 363 Å². The predicted octanol–water partition coefficient (Wildman–Crippen LogP) is 6.97. The number of hydrogen-bond donors (Lipinski definition) is 2. The molecular formula is C43H87N9O8. The van der Waals surface area contributed by atoms with Gasteiger partial charge in [0.15, 0.2) is 0 Å². The van der Waals surface area contributed by atoms with Crippen molar-refractivity contribution in [2.75, 3.05) is 133 Å². The van der Waals surface area contributed by atoms with Crippen LogP contribution in [0.1, 0.15) is 93.7 Å². The lowest BCUT2D eigenvalue weighted by Gasteiger charge is -2.35. The molecule has 2 N–H and O–H groups in total. The van der Waals surface area contributed by atoms with E-state index in [1.165, 1.54) is 0 Å². The molecule has 0 aliphatic rings. The van der Waals surface area contributed by atoms with Crippen LogP contribution in [0.25, 0.3) is 0 Å². The minimum Gasteiger partial charge on any atom is -0.384 e. The summed E-state index contributed by atoms with van der Waals surface area (Å²) in [4.78, 5) is 0. The molecule has 4 unspecified atom stereocenters. The van der Waals surface area contributed by atoms with Gasteiger partial charge in [0.25, 0.3) is 0 Å². The molecule has 0 aliphatic heterocycles. The highest BCUT2D eigenvalue weighted by Gasteiger charge is 2.34. The molecule has 0 saturated carbocycles. The lowest BCUT2D eigenvalue weighted by atomic mass is 9.78. The van der Waals surface area contributed by atoms with E-state index in [9.17, 15) is 0 Å². The standard InChI is InChI=1S/C43H87N9O8/c1-12-14-15-40-27-52(50-47-40)19-23-57-32-41(6,7)16-20-55-33-43(36-60-30-38(4)28-53-11,35-58-25-24-54-22-18-46-48-44)34-56-21-17-42(8,9)39(5)31-59-29-37(3)26-51(10)49-45-13-2/h27,37-39H,12-26,28-36H2,1-11H3,(H2,44,46)/b49-45-. The molecule has 60 heavy (non-hydrogen) atoms. The summed E-state index contributed by atoms with van der Waals surface area (Å²) in [5.41, 5.74) is 9.85. The van der Waals surface area contributed by atoms with Crippen LogP contribution in [0.2, 0.25) is 0 Å². The van der Waals surface area contributed by atoms with Crippen LogP contribution in [0.4, 0.5) is 0 Å². The summed E-state index contributed by atoms with van der Waals surface area (Å²) in [5.74, 6) is 0.909. The van der Waals surface area contributed by atoms with Crippen molar-refractivity contribution in [1.29, 1.82) is 5.53 Å². The second-order valence-electron chi connectivity index (χ2n) is 18.1. The number of nitrogens with one attached hydrogen (secondary N) is 2. The Bertz CT molecular complexity index is 1210. The monoisotopic (exact) mass is 858 g/mol. The zero-order valence-electron chi connectivity index (χ0n) is 39.7. The molecule has 4 atom stereocenters. The summed E-state index contributed by atoms with van der Waals surface area (Å²) >= 11 is 0. The molecule has 352 valence electrons. The number of rotatable bonds is 42. The van der Waals surface area contributed by atoms with Crippen LogP contribution in [0.5, 0.6) is 0 Å². The molecule has 1 aromatic heterocycles. The fourth-order valence-corrected chi connectivity index (χ4v) is 6.13. The van der Waals surface area contributed by atoms with Gasteiger partial charge in [0, 0.05) is 52.6 Å². The molecule has 1 aromatic rings. The van der Waals surface area contributed by atoms with Crippen LogP contribution in [0.15, 0.2) is 21.8 Å². The van der Waals surface area contributed by atoms with Crippen molar-refractivity contribution in [1.82, 2.24) is 25.4 Å². The highest BCUT2D eigenvalue weighted by Crippen LogP contribution is 2.32. The zero-order chi connectivity index (χ0) is 44.5. The van der Waals surface area contributed by atoms with E-state index in [1.54, 1.807) is 7.11 Å². The lowest BCUT2D eigenvalue weighted by molar-refractivity contribution is -0.119. The largest absolute Gasteiger partial charge is 0.384 e. The Morgan fingerprint density at radius 1 is 0.783 bits per heavy atom. The van der Waals surface area contributed by atoms with Crippen LogP contribution < -0.4 is 5.43 Å². The van der Waals surface area contributed by atoms with Crippen LogP contribution in [0.3, 0.4) is 0 Å². The van der Waals surface area contributed by atoms with E-state index in [1.807, 2.05) is 29.9 Å². The van der Waals surface area contributed by atoms with Gasteiger partial charge in [0.1, 0.15) is 0 Å². The normalized spacial score (nSPS) is 15.0. The van der Waals surface area contributed by atoms with Gasteiger partial charge in [0.2, 0.25) is 0 Å². The Hall–Kier alpha value is -2.38.